The zero-order valence-electron chi connectivity index (χ0n) is 16.6. The fourth-order valence-corrected chi connectivity index (χ4v) is 3.34. The molecule has 0 radical (unpaired) electrons. The van der Waals surface area contributed by atoms with Gasteiger partial charge in [0.1, 0.15) is 17.1 Å². The number of nitrogens with zero attached hydrogens (tertiary/aromatic N) is 4. The van der Waals surface area contributed by atoms with Gasteiger partial charge in [0.05, 0.1) is 28.0 Å². The number of hydrogen-bond donors (Lipinski definition) is 0. The van der Waals surface area contributed by atoms with E-state index in [1.54, 1.807) is 54.9 Å². The maximum absolute atomic E-state index is 12.7. The van der Waals surface area contributed by atoms with E-state index in [1.165, 1.54) is 0 Å². The number of carbonyl (C=O) groups excluding carboxylic acids is 1. The van der Waals surface area contributed by atoms with E-state index in [-0.39, 0.29) is 0 Å². The number of pyridine rings is 2. The molecule has 32 heavy (non-hydrogen) atoms. The number of ether oxygens (including phenoxy) is 1. The van der Waals surface area contributed by atoms with Crippen molar-refractivity contribution in [1.82, 2.24) is 19.9 Å². The first-order valence-electron chi connectivity index (χ1n) is 9.80. The van der Waals surface area contributed by atoms with Crippen LogP contribution in [0.5, 0.6) is 5.75 Å². The third kappa shape index (κ3) is 4.04. The minimum Gasteiger partial charge on any atom is -0.423 e. The second-order valence-electron chi connectivity index (χ2n) is 6.90. The number of halogens is 1. The van der Waals surface area contributed by atoms with Crippen molar-refractivity contribution in [2.75, 3.05) is 0 Å². The molecule has 3 aromatic heterocycles. The average Bonchev–Trinajstić information content (AvgIpc) is 2.85. The van der Waals surface area contributed by atoms with E-state index in [0.29, 0.717) is 50.1 Å². The van der Waals surface area contributed by atoms with Crippen LogP contribution in [0.15, 0.2) is 91.3 Å². The molecule has 0 spiro atoms. The molecule has 5 rings (SSSR count). The molecule has 0 fully saturated rings. The van der Waals surface area contributed by atoms with Crippen LogP contribution in [0, 0.1) is 0 Å². The number of benzene rings is 2. The lowest BCUT2D eigenvalue weighted by Crippen LogP contribution is -2.08. The van der Waals surface area contributed by atoms with Gasteiger partial charge in [-0.3, -0.25) is 9.97 Å². The zero-order valence-corrected chi connectivity index (χ0v) is 17.4. The minimum absolute atomic E-state index is 0.360. The van der Waals surface area contributed by atoms with Gasteiger partial charge in [0.25, 0.3) is 0 Å². The van der Waals surface area contributed by atoms with Gasteiger partial charge in [-0.05, 0) is 66.7 Å². The number of aromatic nitrogens is 4. The molecule has 0 unspecified atom stereocenters. The highest BCUT2D eigenvalue weighted by atomic mass is 35.5. The van der Waals surface area contributed by atoms with E-state index in [9.17, 15) is 4.79 Å². The van der Waals surface area contributed by atoms with Gasteiger partial charge < -0.3 is 4.74 Å². The Labute approximate surface area is 188 Å². The summed E-state index contributed by atoms with van der Waals surface area (Å²) in [5.41, 5.74) is 4.10. The van der Waals surface area contributed by atoms with E-state index in [0.717, 1.165) is 0 Å². The highest BCUT2D eigenvalue weighted by Crippen LogP contribution is 2.29. The molecular formula is C25H15ClN4O2. The van der Waals surface area contributed by atoms with Crippen molar-refractivity contribution in [1.29, 1.82) is 0 Å². The van der Waals surface area contributed by atoms with Crippen LogP contribution >= 0.6 is 11.6 Å². The first-order chi connectivity index (χ1) is 15.7. The second-order valence-corrected chi connectivity index (χ2v) is 7.33. The summed E-state index contributed by atoms with van der Waals surface area (Å²) in [6.07, 6.45) is 3.41. The lowest BCUT2D eigenvalue weighted by atomic mass is 10.1. The maximum Gasteiger partial charge on any atom is 0.343 e. The van der Waals surface area contributed by atoms with Crippen molar-refractivity contribution in [2.24, 2.45) is 0 Å². The SMILES string of the molecule is O=C(Oc1ccc(Cl)cc1)c1ccc2nc(-c3ccccn3)c(-c3ccccn3)nc2c1. The molecule has 0 aliphatic heterocycles. The number of hydrogen-bond acceptors (Lipinski definition) is 6. The molecule has 7 heteroatoms. The molecule has 0 aliphatic carbocycles. The third-order valence-corrected chi connectivity index (χ3v) is 4.99. The second kappa shape index (κ2) is 8.53. The summed E-state index contributed by atoms with van der Waals surface area (Å²) < 4.78 is 5.44. The van der Waals surface area contributed by atoms with Gasteiger partial charge in [-0.1, -0.05) is 23.7 Å². The Morgan fingerprint density at radius 1 is 0.719 bits per heavy atom. The standard InChI is InChI=1S/C25H15ClN4O2/c26-17-8-10-18(11-9-17)32-25(31)16-7-12-19-22(15-16)30-24(21-6-2-4-14-28-21)23(29-19)20-5-1-3-13-27-20/h1-15H. The molecule has 0 amide bonds. The summed E-state index contributed by atoms with van der Waals surface area (Å²) in [6.45, 7) is 0. The van der Waals surface area contributed by atoms with Crippen LogP contribution in [0.2, 0.25) is 5.02 Å². The summed E-state index contributed by atoms with van der Waals surface area (Å²) in [7, 11) is 0. The summed E-state index contributed by atoms with van der Waals surface area (Å²) in [4.78, 5) is 31.1. The predicted molar refractivity (Wildman–Crippen MR) is 122 cm³/mol. The van der Waals surface area contributed by atoms with Gasteiger partial charge in [0.2, 0.25) is 0 Å². The van der Waals surface area contributed by atoms with E-state index < -0.39 is 5.97 Å². The minimum atomic E-state index is -0.496. The molecule has 0 N–H and O–H groups in total. The molecule has 0 aliphatic rings. The van der Waals surface area contributed by atoms with E-state index in [2.05, 4.69) is 9.97 Å². The van der Waals surface area contributed by atoms with Gasteiger partial charge in [-0.2, -0.15) is 0 Å². The fraction of sp³-hybridized carbons (Fsp3) is 0. The van der Waals surface area contributed by atoms with Crippen molar-refractivity contribution >= 4 is 28.6 Å². The van der Waals surface area contributed by atoms with Crippen LogP contribution in [0.3, 0.4) is 0 Å². The highest BCUT2D eigenvalue weighted by Gasteiger charge is 2.17. The molecule has 0 atom stereocenters. The van der Waals surface area contributed by atoms with E-state index in [4.69, 9.17) is 26.3 Å². The molecule has 3 heterocycles. The van der Waals surface area contributed by atoms with Crippen LogP contribution in [-0.4, -0.2) is 25.9 Å². The first-order valence-corrected chi connectivity index (χ1v) is 10.2. The fourth-order valence-electron chi connectivity index (χ4n) is 3.21. The van der Waals surface area contributed by atoms with Crippen molar-refractivity contribution in [2.45, 2.75) is 0 Å². The Bertz CT molecular complexity index is 1410. The average molecular weight is 439 g/mol. The largest absolute Gasteiger partial charge is 0.423 e. The quantitative estimate of drug-likeness (QED) is 0.267. The number of esters is 1. The Morgan fingerprint density at radius 3 is 1.94 bits per heavy atom. The van der Waals surface area contributed by atoms with Gasteiger partial charge in [-0.25, -0.2) is 14.8 Å². The van der Waals surface area contributed by atoms with Crippen LogP contribution in [0.25, 0.3) is 33.8 Å². The smallest absolute Gasteiger partial charge is 0.343 e. The van der Waals surface area contributed by atoms with Crippen molar-refractivity contribution in [3.8, 4) is 28.5 Å². The normalized spacial score (nSPS) is 10.8. The summed E-state index contributed by atoms with van der Waals surface area (Å²) in [5, 5.41) is 0.566. The molecule has 6 nitrogen and oxygen atoms in total. The summed E-state index contributed by atoms with van der Waals surface area (Å²) >= 11 is 5.89. The first kappa shape index (κ1) is 19.8. The Hall–Kier alpha value is -4.16. The lowest BCUT2D eigenvalue weighted by Gasteiger charge is -2.10. The van der Waals surface area contributed by atoms with Crippen molar-refractivity contribution < 1.29 is 9.53 Å². The molecular weight excluding hydrogens is 424 g/mol. The van der Waals surface area contributed by atoms with Crippen LogP contribution < -0.4 is 4.74 Å². The Kier molecular flexibility index (Phi) is 5.27. The van der Waals surface area contributed by atoms with Gasteiger partial charge in [-0.15, -0.1) is 0 Å². The summed E-state index contributed by atoms with van der Waals surface area (Å²) in [5.74, 6) is -0.0885. The van der Waals surface area contributed by atoms with Gasteiger partial charge in [0, 0.05) is 17.4 Å². The van der Waals surface area contributed by atoms with Crippen molar-refractivity contribution in [3.05, 3.63) is 102 Å². The van der Waals surface area contributed by atoms with Gasteiger partial charge >= 0.3 is 5.97 Å². The Morgan fingerprint density at radius 2 is 1.34 bits per heavy atom. The molecule has 154 valence electrons. The van der Waals surface area contributed by atoms with Gasteiger partial charge in [0.15, 0.2) is 0 Å². The van der Waals surface area contributed by atoms with Crippen LogP contribution in [-0.2, 0) is 0 Å². The Balaban J connectivity index is 1.59. The van der Waals surface area contributed by atoms with Crippen LogP contribution in [0.1, 0.15) is 10.4 Å². The third-order valence-electron chi connectivity index (χ3n) is 4.74. The topological polar surface area (TPSA) is 77.9 Å². The molecule has 5 aromatic rings. The zero-order chi connectivity index (χ0) is 21.9. The number of fused-ring (bicyclic) bond motifs is 1. The molecule has 2 aromatic carbocycles. The number of carbonyl (C=O) groups is 1. The molecule has 0 saturated carbocycles. The molecule has 0 saturated heterocycles. The predicted octanol–water partition coefficient (Wildman–Crippen LogP) is 5.63. The van der Waals surface area contributed by atoms with Crippen LogP contribution in [0.4, 0.5) is 0 Å². The highest BCUT2D eigenvalue weighted by molar-refractivity contribution is 6.30. The van der Waals surface area contributed by atoms with Crippen molar-refractivity contribution in [3.63, 3.8) is 0 Å². The molecule has 0 bridgehead atoms. The summed E-state index contributed by atoms with van der Waals surface area (Å²) in [6, 6.07) is 22.9. The number of rotatable bonds is 4. The maximum atomic E-state index is 12.7. The lowest BCUT2D eigenvalue weighted by molar-refractivity contribution is 0.0735. The van der Waals surface area contributed by atoms with E-state index in [1.807, 2.05) is 36.4 Å². The monoisotopic (exact) mass is 438 g/mol. The van der Waals surface area contributed by atoms with E-state index >= 15 is 0 Å².